The van der Waals surface area contributed by atoms with Gasteiger partial charge in [-0.1, -0.05) is 27.7 Å². The topological polar surface area (TPSA) is 53.5 Å². The largest absolute Gasteiger partial charge is 0.498 e. The van der Waals surface area contributed by atoms with Crippen LogP contribution in [0.3, 0.4) is 0 Å². The van der Waals surface area contributed by atoms with Crippen molar-refractivity contribution in [2.24, 2.45) is 0 Å². The van der Waals surface area contributed by atoms with Gasteiger partial charge in [-0.05, 0) is 59.2 Å². The van der Waals surface area contributed by atoms with Gasteiger partial charge in [0.1, 0.15) is 5.60 Å². The second kappa shape index (κ2) is 6.94. The van der Waals surface area contributed by atoms with Crippen LogP contribution in [0, 0.1) is 0 Å². The van der Waals surface area contributed by atoms with E-state index in [2.05, 4.69) is 57.7 Å². The molecule has 1 aliphatic rings. The molecule has 1 fully saturated rings. The first-order chi connectivity index (χ1) is 12.0. The van der Waals surface area contributed by atoms with E-state index in [-0.39, 0.29) is 16.2 Å². The minimum absolute atomic E-state index is 0.131. The predicted molar refractivity (Wildman–Crippen MR) is 114 cm³/mol. The summed E-state index contributed by atoms with van der Waals surface area (Å²) in [4.78, 5) is 9.31. The Kier molecular flexibility index (Phi) is 5.79. The zero-order valence-corrected chi connectivity index (χ0v) is 20.1. The van der Waals surface area contributed by atoms with Gasteiger partial charge in [-0.15, -0.1) is 0 Å². The van der Waals surface area contributed by atoms with Gasteiger partial charge in [0.2, 0.25) is 0 Å². The molecule has 1 atom stereocenters. The van der Waals surface area contributed by atoms with Crippen molar-refractivity contribution in [2.45, 2.75) is 104 Å². The maximum absolute atomic E-state index is 6.71. The van der Waals surface area contributed by atoms with Gasteiger partial charge in [-0.25, -0.2) is 9.97 Å². The van der Waals surface area contributed by atoms with Crippen molar-refractivity contribution in [3.05, 3.63) is 18.2 Å². The molecule has 0 amide bonds. The SMILES string of the molecule is CCC(C)(O[Si](C)(C)C(C)(C)C)c1ncc(B2OC(C)(C)C(C)(C)O2)cn1. The van der Waals surface area contributed by atoms with E-state index in [0.717, 1.165) is 17.7 Å². The Morgan fingerprint density at radius 3 is 1.81 bits per heavy atom. The molecule has 0 radical (unpaired) electrons. The molecule has 1 aromatic heterocycles. The molecule has 1 saturated heterocycles. The van der Waals surface area contributed by atoms with Crippen molar-refractivity contribution in [3.8, 4) is 0 Å². The third-order valence-corrected chi connectivity index (χ3v) is 11.2. The molecule has 0 aliphatic carbocycles. The third-order valence-electron chi connectivity index (χ3n) is 6.63. The van der Waals surface area contributed by atoms with Crippen LogP contribution < -0.4 is 5.46 Å². The van der Waals surface area contributed by atoms with Crippen LogP contribution >= 0.6 is 0 Å². The van der Waals surface area contributed by atoms with E-state index in [9.17, 15) is 0 Å². The molecular formula is C20H37BN2O3Si. The van der Waals surface area contributed by atoms with Crippen LogP contribution in [0.25, 0.3) is 0 Å². The van der Waals surface area contributed by atoms with Gasteiger partial charge in [0.05, 0.1) is 11.2 Å². The summed E-state index contributed by atoms with van der Waals surface area (Å²) in [7, 11) is -2.40. The molecule has 2 heterocycles. The number of aromatic nitrogens is 2. The van der Waals surface area contributed by atoms with Gasteiger partial charge in [0.15, 0.2) is 14.1 Å². The molecule has 1 unspecified atom stereocenters. The number of hydrogen-bond donors (Lipinski definition) is 0. The monoisotopic (exact) mass is 392 g/mol. The highest BCUT2D eigenvalue weighted by Crippen LogP contribution is 2.42. The maximum Gasteiger partial charge on any atom is 0.498 e. The van der Waals surface area contributed by atoms with Crippen LogP contribution in [-0.2, 0) is 19.3 Å². The van der Waals surface area contributed by atoms with E-state index in [1.165, 1.54) is 0 Å². The Morgan fingerprint density at radius 1 is 1.00 bits per heavy atom. The van der Waals surface area contributed by atoms with E-state index >= 15 is 0 Å². The Hall–Kier alpha value is -0.758. The van der Waals surface area contributed by atoms with Gasteiger partial charge >= 0.3 is 7.12 Å². The molecule has 0 spiro atoms. The first-order valence-electron chi connectivity index (χ1n) is 9.93. The summed E-state index contributed by atoms with van der Waals surface area (Å²) in [6, 6.07) is 0. The zero-order chi connectivity index (χ0) is 20.9. The van der Waals surface area contributed by atoms with E-state index < -0.39 is 21.0 Å². The molecule has 5 nitrogen and oxygen atoms in total. The normalized spacial score (nSPS) is 22.0. The highest BCUT2D eigenvalue weighted by Gasteiger charge is 2.52. The predicted octanol–water partition coefficient (Wildman–Crippen LogP) is 4.42. The number of rotatable bonds is 5. The Balaban J connectivity index is 2.25. The summed E-state index contributed by atoms with van der Waals surface area (Å²) in [5, 5.41) is 0.131. The van der Waals surface area contributed by atoms with Crippen LogP contribution in [-0.4, -0.2) is 36.6 Å². The second-order valence-corrected chi connectivity index (χ2v) is 15.1. The molecule has 2 rings (SSSR count). The van der Waals surface area contributed by atoms with Crippen molar-refractivity contribution in [2.75, 3.05) is 0 Å². The first kappa shape index (κ1) is 22.5. The van der Waals surface area contributed by atoms with Crippen molar-refractivity contribution in [3.63, 3.8) is 0 Å². The first-order valence-corrected chi connectivity index (χ1v) is 12.8. The van der Waals surface area contributed by atoms with Crippen molar-refractivity contribution < 1.29 is 13.7 Å². The average molecular weight is 392 g/mol. The number of nitrogens with zero attached hydrogens (tertiary/aromatic N) is 2. The van der Waals surface area contributed by atoms with Gasteiger partial charge in [0.25, 0.3) is 0 Å². The Bertz CT molecular complexity index is 655. The lowest BCUT2D eigenvalue weighted by Crippen LogP contribution is -2.48. The van der Waals surface area contributed by atoms with Gasteiger partial charge < -0.3 is 13.7 Å². The molecule has 0 aromatic carbocycles. The standard InChI is InChI=1S/C20H37BN2O3Si/c1-12-20(9,26-27(10,11)17(2,3)4)16-22-13-15(14-23-16)21-24-18(5,6)19(7,8)25-21/h13-14H,12H2,1-11H3. The molecule has 152 valence electrons. The molecule has 0 bridgehead atoms. The molecule has 1 aromatic rings. The fourth-order valence-corrected chi connectivity index (χ4v) is 4.37. The fourth-order valence-electron chi connectivity index (χ4n) is 2.70. The molecule has 0 saturated carbocycles. The summed E-state index contributed by atoms with van der Waals surface area (Å²) in [5.41, 5.74) is -0.417. The highest BCUT2D eigenvalue weighted by molar-refractivity contribution is 6.74. The van der Waals surface area contributed by atoms with Gasteiger partial charge in [0, 0.05) is 17.9 Å². The quantitative estimate of drug-likeness (QED) is 0.694. The van der Waals surface area contributed by atoms with Crippen molar-refractivity contribution >= 4 is 20.9 Å². The summed E-state index contributed by atoms with van der Waals surface area (Å²) < 4.78 is 18.9. The van der Waals surface area contributed by atoms with Crippen LogP contribution in [0.2, 0.25) is 18.1 Å². The molecule has 1 aliphatic heterocycles. The Labute approximate surface area is 166 Å². The Morgan fingerprint density at radius 2 is 1.44 bits per heavy atom. The highest BCUT2D eigenvalue weighted by atomic mass is 28.4. The van der Waals surface area contributed by atoms with E-state index in [4.69, 9.17) is 13.7 Å². The van der Waals surface area contributed by atoms with Crippen LogP contribution in [0.1, 0.15) is 74.6 Å². The summed E-state index contributed by atoms with van der Waals surface area (Å²) in [6.45, 7) is 23.7. The third kappa shape index (κ3) is 4.31. The zero-order valence-electron chi connectivity index (χ0n) is 19.1. The van der Waals surface area contributed by atoms with E-state index in [1.807, 2.05) is 40.1 Å². The summed E-state index contributed by atoms with van der Waals surface area (Å²) in [6.07, 6.45) is 4.44. The average Bonchev–Trinajstić information content (AvgIpc) is 2.74. The van der Waals surface area contributed by atoms with Crippen molar-refractivity contribution in [1.82, 2.24) is 9.97 Å². The van der Waals surface area contributed by atoms with Crippen molar-refractivity contribution in [1.29, 1.82) is 0 Å². The maximum atomic E-state index is 6.71. The lowest BCUT2D eigenvalue weighted by molar-refractivity contribution is 0.00578. The molecule has 7 heteroatoms. The van der Waals surface area contributed by atoms with Gasteiger partial charge in [-0.2, -0.15) is 0 Å². The van der Waals surface area contributed by atoms with Gasteiger partial charge in [-0.3, -0.25) is 0 Å². The van der Waals surface area contributed by atoms with Crippen LogP contribution in [0.15, 0.2) is 12.4 Å². The molecular weight excluding hydrogens is 355 g/mol. The summed E-state index contributed by atoms with van der Waals surface area (Å²) >= 11 is 0. The molecule has 0 N–H and O–H groups in total. The minimum atomic E-state index is -1.95. The van der Waals surface area contributed by atoms with E-state index in [1.54, 1.807) is 0 Å². The lowest BCUT2D eigenvalue weighted by Gasteiger charge is -2.43. The van der Waals surface area contributed by atoms with Crippen LogP contribution in [0.5, 0.6) is 0 Å². The van der Waals surface area contributed by atoms with Crippen LogP contribution in [0.4, 0.5) is 0 Å². The fraction of sp³-hybridized carbons (Fsp3) is 0.800. The molecule has 27 heavy (non-hydrogen) atoms. The van der Waals surface area contributed by atoms with E-state index in [0.29, 0.717) is 0 Å². The number of hydrogen-bond acceptors (Lipinski definition) is 5. The smallest absolute Gasteiger partial charge is 0.404 e. The summed E-state index contributed by atoms with van der Waals surface area (Å²) in [5.74, 6) is 0.718. The minimum Gasteiger partial charge on any atom is -0.404 e. The second-order valence-electron chi connectivity index (χ2n) is 10.4. The lowest BCUT2D eigenvalue weighted by atomic mass is 9.81.